The van der Waals surface area contributed by atoms with Crippen molar-refractivity contribution in [1.82, 2.24) is 5.32 Å². The molecule has 0 atom stereocenters. The van der Waals surface area contributed by atoms with Gasteiger partial charge in [0.2, 0.25) is 0 Å². The van der Waals surface area contributed by atoms with Gasteiger partial charge in [0.25, 0.3) is 0 Å². The first-order chi connectivity index (χ1) is 7.33. The van der Waals surface area contributed by atoms with E-state index in [0.29, 0.717) is 12.0 Å². The van der Waals surface area contributed by atoms with Gasteiger partial charge >= 0.3 is 0 Å². The molecule has 15 heavy (non-hydrogen) atoms. The molecule has 1 aromatic rings. The van der Waals surface area contributed by atoms with Gasteiger partial charge in [-0.05, 0) is 54.9 Å². The van der Waals surface area contributed by atoms with Gasteiger partial charge in [0.1, 0.15) is 5.82 Å². The van der Waals surface area contributed by atoms with Crippen LogP contribution in [-0.2, 0) is 6.54 Å². The maximum Gasteiger partial charge on any atom is 0.123 e. The Labute approximate surface area is 89.7 Å². The Bertz CT molecular complexity index is 367. The molecule has 0 aliphatic heterocycles. The van der Waals surface area contributed by atoms with E-state index < -0.39 is 0 Å². The molecule has 0 aromatic heterocycles. The Morgan fingerprint density at radius 2 is 2.00 bits per heavy atom. The second-order valence-electron chi connectivity index (χ2n) is 4.77. The van der Waals surface area contributed by atoms with Crippen LogP contribution in [0.5, 0.6) is 0 Å². The van der Waals surface area contributed by atoms with Crippen LogP contribution < -0.4 is 5.32 Å². The molecule has 2 saturated carbocycles. The zero-order valence-electron chi connectivity index (χ0n) is 8.80. The molecule has 1 nitrogen and oxygen atoms in total. The predicted octanol–water partition coefficient (Wildman–Crippen LogP) is 2.96. The molecule has 0 saturated heterocycles. The highest BCUT2D eigenvalue weighted by Crippen LogP contribution is 2.41. The molecule has 1 N–H and O–H groups in total. The summed E-state index contributed by atoms with van der Waals surface area (Å²) in [6.07, 6.45) is 5.13. The number of rotatable bonds is 4. The molecule has 0 unspecified atom stereocenters. The van der Waals surface area contributed by atoms with Gasteiger partial charge < -0.3 is 5.32 Å². The van der Waals surface area contributed by atoms with Crippen LogP contribution in [0.4, 0.5) is 4.39 Å². The van der Waals surface area contributed by atoms with E-state index in [1.165, 1.54) is 36.8 Å². The summed E-state index contributed by atoms with van der Waals surface area (Å²) in [5.41, 5.74) is 2.54. The summed E-state index contributed by atoms with van der Waals surface area (Å²) in [5, 5.41) is 3.46. The average Bonchev–Trinajstić information content (AvgIpc) is 3.08. The van der Waals surface area contributed by atoms with E-state index in [1.54, 1.807) is 12.1 Å². The Kier molecular flexibility index (Phi) is 2.24. The second-order valence-corrected chi connectivity index (χ2v) is 4.77. The third kappa shape index (κ3) is 2.20. The van der Waals surface area contributed by atoms with Crippen molar-refractivity contribution >= 4 is 0 Å². The van der Waals surface area contributed by atoms with Gasteiger partial charge in [-0.15, -0.1) is 0 Å². The number of hydrogen-bond donors (Lipinski definition) is 1. The smallest absolute Gasteiger partial charge is 0.123 e. The number of halogens is 1. The highest BCUT2D eigenvalue weighted by Gasteiger charge is 2.27. The van der Waals surface area contributed by atoms with E-state index in [9.17, 15) is 4.39 Å². The summed E-state index contributed by atoms with van der Waals surface area (Å²) in [5.74, 6) is 0.605. The molecule has 2 aliphatic carbocycles. The molecule has 0 spiro atoms. The SMILES string of the molecule is Fc1ccc(C2CC2)c(CNC2CC2)c1. The van der Waals surface area contributed by atoms with Crippen LogP contribution in [0, 0.1) is 5.82 Å². The van der Waals surface area contributed by atoms with Crippen molar-refractivity contribution in [2.75, 3.05) is 0 Å². The fraction of sp³-hybridized carbons (Fsp3) is 0.538. The van der Waals surface area contributed by atoms with Gasteiger partial charge in [0.15, 0.2) is 0 Å². The second kappa shape index (κ2) is 3.60. The standard InChI is InChI=1S/C13H16FN/c14-11-3-6-13(9-1-2-9)10(7-11)8-15-12-4-5-12/h3,6-7,9,12,15H,1-2,4-5,8H2. The molecule has 0 bridgehead atoms. The van der Waals surface area contributed by atoms with Crippen molar-refractivity contribution in [3.8, 4) is 0 Å². The maximum atomic E-state index is 13.1. The van der Waals surface area contributed by atoms with Crippen molar-refractivity contribution in [3.05, 3.63) is 35.1 Å². The van der Waals surface area contributed by atoms with E-state index in [4.69, 9.17) is 0 Å². The first-order valence-electron chi connectivity index (χ1n) is 5.84. The Morgan fingerprint density at radius 1 is 1.20 bits per heavy atom. The zero-order chi connectivity index (χ0) is 10.3. The van der Waals surface area contributed by atoms with E-state index in [0.717, 1.165) is 6.54 Å². The molecule has 2 fully saturated rings. The minimum Gasteiger partial charge on any atom is -0.310 e. The average molecular weight is 205 g/mol. The molecule has 3 rings (SSSR count). The molecule has 0 heterocycles. The van der Waals surface area contributed by atoms with Crippen LogP contribution in [0.1, 0.15) is 42.7 Å². The first kappa shape index (κ1) is 9.34. The van der Waals surface area contributed by atoms with Crippen LogP contribution in [0.2, 0.25) is 0 Å². The monoisotopic (exact) mass is 205 g/mol. The van der Waals surface area contributed by atoms with Crippen molar-refractivity contribution in [2.45, 2.75) is 44.2 Å². The van der Waals surface area contributed by atoms with Crippen molar-refractivity contribution < 1.29 is 4.39 Å². The minimum atomic E-state index is -0.105. The van der Waals surface area contributed by atoms with Gasteiger partial charge in [-0.2, -0.15) is 0 Å². The summed E-state index contributed by atoms with van der Waals surface area (Å²) in [6, 6.07) is 5.95. The lowest BCUT2D eigenvalue weighted by atomic mass is 10.0. The van der Waals surface area contributed by atoms with E-state index >= 15 is 0 Å². The molecule has 2 heteroatoms. The fourth-order valence-electron chi connectivity index (χ4n) is 2.06. The summed E-state index contributed by atoms with van der Waals surface area (Å²) in [7, 11) is 0. The topological polar surface area (TPSA) is 12.0 Å². The van der Waals surface area contributed by atoms with Crippen molar-refractivity contribution in [2.24, 2.45) is 0 Å². The van der Waals surface area contributed by atoms with Gasteiger partial charge in [-0.25, -0.2) is 4.39 Å². The number of hydrogen-bond acceptors (Lipinski definition) is 1. The number of nitrogens with one attached hydrogen (secondary N) is 1. The highest BCUT2D eigenvalue weighted by molar-refractivity contribution is 5.33. The van der Waals surface area contributed by atoms with Crippen molar-refractivity contribution in [1.29, 1.82) is 0 Å². The lowest BCUT2D eigenvalue weighted by molar-refractivity contribution is 0.617. The quantitative estimate of drug-likeness (QED) is 0.796. The van der Waals surface area contributed by atoms with Crippen LogP contribution >= 0.6 is 0 Å². The molecular formula is C13H16FN. The zero-order valence-corrected chi connectivity index (χ0v) is 8.80. The Balaban J connectivity index is 1.78. The lowest BCUT2D eigenvalue weighted by Crippen LogP contribution is -2.16. The highest BCUT2D eigenvalue weighted by atomic mass is 19.1. The molecule has 0 amide bonds. The molecular weight excluding hydrogens is 189 g/mol. The summed E-state index contributed by atoms with van der Waals surface area (Å²) >= 11 is 0. The molecule has 0 radical (unpaired) electrons. The molecule has 1 aromatic carbocycles. The van der Waals surface area contributed by atoms with Gasteiger partial charge in [-0.1, -0.05) is 6.07 Å². The number of benzene rings is 1. The molecule has 2 aliphatic rings. The lowest BCUT2D eigenvalue weighted by Gasteiger charge is -2.09. The third-order valence-corrected chi connectivity index (χ3v) is 3.28. The largest absolute Gasteiger partial charge is 0.310 e. The summed E-state index contributed by atoms with van der Waals surface area (Å²) in [4.78, 5) is 0. The maximum absolute atomic E-state index is 13.1. The third-order valence-electron chi connectivity index (χ3n) is 3.28. The Morgan fingerprint density at radius 3 is 2.67 bits per heavy atom. The van der Waals surface area contributed by atoms with Crippen LogP contribution in [0.25, 0.3) is 0 Å². The van der Waals surface area contributed by atoms with Crippen LogP contribution in [0.3, 0.4) is 0 Å². The van der Waals surface area contributed by atoms with Crippen LogP contribution in [-0.4, -0.2) is 6.04 Å². The van der Waals surface area contributed by atoms with E-state index in [2.05, 4.69) is 5.32 Å². The predicted molar refractivity (Wildman–Crippen MR) is 58.2 cm³/mol. The minimum absolute atomic E-state index is 0.105. The first-order valence-corrected chi connectivity index (χ1v) is 5.84. The van der Waals surface area contributed by atoms with E-state index in [1.807, 2.05) is 6.07 Å². The Hall–Kier alpha value is -0.890. The van der Waals surface area contributed by atoms with Gasteiger partial charge in [-0.3, -0.25) is 0 Å². The fourth-order valence-corrected chi connectivity index (χ4v) is 2.06. The molecule has 80 valence electrons. The van der Waals surface area contributed by atoms with Crippen LogP contribution in [0.15, 0.2) is 18.2 Å². The normalized spacial score (nSPS) is 20.6. The summed E-state index contributed by atoms with van der Waals surface area (Å²) in [6.45, 7) is 0.842. The van der Waals surface area contributed by atoms with Crippen molar-refractivity contribution in [3.63, 3.8) is 0 Å². The van der Waals surface area contributed by atoms with E-state index in [-0.39, 0.29) is 5.82 Å². The van der Waals surface area contributed by atoms with Gasteiger partial charge in [0, 0.05) is 12.6 Å². The summed E-state index contributed by atoms with van der Waals surface area (Å²) < 4.78 is 13.1. The van der Waals surface area contributed by atoms with Gasteiger partial charge in [0.05, 0.1) is 0 Å².